The fourth-order valence-electron chi connectivity index (χ4n) is 2.45. The summed E-state index contributed by atoms with van der Waals surface area (Å²) in [6.45, 7) is 5.74. The molecule has 1 aliphatic rings. The van der Waals surface area contributed by atoms with Crippen LogP contribution in [0.5, 0.6) is 0 Å². The number of benzene rings is 1. The van der Waals surface area contributed by atoms with E-state index in [0.717, 1.165) is 55.3 Å². The SMILES string of the molecule is Brc1ccccc1-c1nccn1CCN1CCOCC1. The van der Waals surface area contributed by atoms with Gasteiger partial charge in [-0.25, -0.2) is 4.98 Å². The minimum atomic E-state index is 0.848. The number of morpholine rings is 1. The minimum Gasteiger partial charge on any atom is -0.379 e. The summed E-state index contributed by atoms with van der Waals surface area (Å²) in [6, 6.07) is 8.21. The highest BCUT2D eigenvalue weighted by Crippen LogP contribution is 2.26. The second-order valence-electron chi connectivity index (χ2n) is 4.88. The zero-order valence-corrected chi connectivity index (χ0v) is 12.9. The zero-order chi connectivity index (χ0) is 13.8. The van der Waals surface area contributed by atoms with Gasteiger partial charge in [-0.1, -0.05) is 34.1 Å². The molecular formula is C15H18BrN3O. The van der Waals surface area contributed by atoms with Gasteiger partial charge in [-0.15, -0.1) is 0 Å². The Kier molecular flexibility index (Phi) is 4.50. The highest BCUT2D eigenvalue weighted by molar-refractivity contribution is 9.10. The maximum absolute atomic E-state index is 5.38. The van der Waals surface area contributed by atoms with Crippen molar-refractivity contribution < 1.29 is 4.74 Å². The molecule has 5 heteroatoms. The Morgan fingerprint density at radius 1 is 1.15 bits per heavy atom. The molecule has 0 atom stereocenters. The molecule has 0 N–H and O–H groups in total. The summed E-state index contributed by atoms with van der Waals surface area (Å²) in [4.78, 5) is 6.94. The summed E-state index contributed by atoms with van der Waals surface area (Å²) >= 11 is 3.60. The first-order chi connectivity index (χ1) is 9.84. The van der Waals surface area contributed by atoms with Gasteiger partial charge >= 0.3 is 0 Å². The summed E-state index contributed by atoms with van der Waals surface area (Å²) in [7, 11) is 0. The van der Waals surface area contributed by atoms with Crippen LogP contribution in [0.4, 0.5) is 0 Å². The van der Waals surface area contributed by atoms with Gasteiger partial charge in [0.15, 0.2) is 0 Å². The predicted octanol–water partition coefficient (Wildman–Crippen LogP) is 2.64. The number of imidazole rings is 1. The van der Waals surface area contributed by atoms with Gasteiger partial charge in [-0.3, -0.25) is 4.90 Å². The number of ether oxygens (including phenoxy) is 1. The fraction of sp³-hybridized carbons (Fsp3) is 0.400. The third kappa shape index (κ3) is 3.11. The second kappa shape index (κ2) is 6.52. The molecule has 0 spiro atoms. The van der Waals surface area contributed by atoms with Crippen LogP contribution >= 0.6 is 15.9 Å². The van der Waals surface area contributed by atoms with Crippen molar-refractivity contribution in [2.75, 3.05) is 32.8 Å². The molecule has 106 valence electrons. The van der Waals surface area contributed by atoms with Gasteiger partial charge in [0.05, 0.1) is 13.2 Å². The molecule has 0 amide bonds. The van der Waals surface area contributed by atoms with Gasteiger partial charge in [-0.2, -0.15) is 0 Å². The Labute approximate surface area is 127 Å². The van der Waals surface area contributed by atoms with Crippen LogP contribution < -0.4 is 0 Å². The quantitative estimate of drug-likeness (QED) is 0.860. The Balaban J connectivity index is 1.72. The van der Waals surface area contributed by atoms with Crippen molar-refractivity contribution in [3.8, 4) is 11.4 Å². The van der Waals surface area contributed by atoms with Gasteiger partial charge in [0.25, 0.3) is 0 Å². The topological polar surface area (TPSA) is 30.3 Å². The van der Waals surface area contributed by atoms with E-state index >= 15 is 0 Å². The molecule has 1 aromatic carbocycles. The van der Waals surface area contributed by atoms with Crippen LogP contribution in [0.15, 0.2) is 41.1 Å². The molecule has 1 fully saturated rings. The molecule has 2 heterocycles. The molecule has 0 bridgehead atoms. The Morgan fingerprint density at radius 3 is 2.75 bits per heavy atom. The number of hydrogen-bond acceptors (Lipinski definition) is 3. The van der Waals surface area contributed by atoms with E-state index in [2.05, 4.69) is 48.7 Å². The molecule has 0 unspecified atom stereocenters. The first kappa shape index (κ1) is 13.8. The van der Waals surface area contributed by atoms with Crippen molar-refractivity contribution in [3.05, 3.63) is 41.1 Å². The van der Waals surface area contributed by atoms with Gasteiger partial charge < -0.3 is 9.30 Å². The molecule has 1 aliphatic heterocycles. The Hall–Kier alpha value is -1.17. The van der Waals surface area contributed by atoms with Crippen molar-refractivity contribution in [3.63, 3.8) is 0 Å². The average molecular weight is 336 g/mol. The zero-order valence-electron chi connectivity index (χ0n) is 11.3. The smallest absolute Gasteiger partial charge is 0.141 e. The third-order valence-corrected chi connectivity index (χ3v) is 4.28. The monoisotopic (exact) mass is 335 g/mol. The summed E-state index contributed by atoms with van der Waals surface area (Å²) in [6.07, 6.45) is 3.92. The molecule has 0 radical (unpaired) electrons. The number of halogens is 1. The summed E-state index contributed by atoms with van der Waals surface area (Å²) < 4.78 is 8.68. The van der Waals surface area contributed by atoms with E-state index in [1.807, 2.05) is 18.3 Å². The summed E-state index contributed by atoms with van der Waals surface area (Å²) in [5.41, 5.74) is 1.14. The van der Waals surface area contributed by atoms with E-state index in [1.165, 1.54) is 0 Å². The van der Waals surface area contributed by atoms with Crippen molar-refractivity contribution >= 4 is 15.9 Å². The maximum Gasteiger partial charge on any atom is 0.141 e. The number of rotatable bonds is 4. The highest BCUT2D eigenvalue weighted by Gasteiger charge is 2.12. The van der Waals surface area contributed by atoms with E-state index in [1.54, 1.807) is 0 Å². The third-order valence-electron chi connectivity index (χ3n) is 3.59. The highest BCUT2D eigenvalue weighted by atomic mass is 79.9. The van der Waals surface area contributed by atoms with Gasteiger partial charge in [0, 0.05) is 48.6 Å². The van der Waals surface area contributed by atoms with Gasteiger partial charge in [-0.05, 0) is 6.07 Å². The standard InChI is InChI=1S/C15H18BrN3O/c16-14-4-2-1-3-13(14)15-17-5-6-19(15)8-7-18-9-11-20-12-10-18/h1-6H,7-12H2. The van der Waals surface area contributed by atoms with Crippen molar-refractivity contribution in [2.45, 2.75) is 6.54 Å². The van der Waals surface area contributed by atoms with E-state index < -0.39 is 0 Å². The minimum absolute atomic E-state index is 0.848. The molecule has 0 aliphatic carbocycles. The van der Waals surface area contributed by atoms with E-state index in [0.29, 0.717) is 0 Å². The number of nitrogens with zero attached hydrogens (tertiary/aromatic N) is 3. The lowest BCUT2D eigenvalue weighted by atomic mass is 10.2. The first-order valence-corrected chi connectivity index (χ1v) is 7.70. The lowest BCUT2D eigenvalue weighted by Gasteiger charge is -2.26. The van der Waals surface area contributed by atoms with Crippen LogP contribution in [0, 0.1) is 0 Å². The van der Waals surface area contributed by atoms with Crippen LogP contribution in [-0.2, 0) is 11.3 Å². The maximum atomic E-state index is 5.38. The summed E-state index contributed by atoms with van der Waals surface area (Å²) in [5, 5.41) is 0. The molecular weight excluding hydrogens is 318 g/mol. The van der Waals surface area contributed by atoms with Crippen molar-refractivity contribution in [1.82, 2.24) is 14.5 Å². The lowest BCUT2D eigenvalue weighted by Crippen LogP contribution is -2.38. The lowest BCUT2D eigenvalue weighted by molar-refractivity contribution is 0.0364. The number of hydrogen-bond donors (Lipinski definition) is 0. The first-order valence-electron chi connectivity index (χ1n) is 6.91. The molecule has 0 saturated carbocycles. The van der Waals surface area contributed by atoms with Crippen LogP contribution in [0.2, 0.25) is 0 Å². The normalized spacial score (nSPS) is 16.4. The Bertz CT molecular complexity index is 564. The molecule has 1 aromatic heterocycles. The Morgan fingerprint density at radius 2 is 1.95 bits per heavy atom. The van der Waals surface area contributed by atoms with Crippen molar-refractivity contribution in [1.29, 1.82) is 0 Å². The van der Waals surface area contributed by atoms with Crippen LogP contribution in [0.25, 0.3) is 11.4 Å². The molecule has 1 saturated heterocycles. The largest absolute Gasteiger partial charge is 0.379 e. The fourth-order valence-corrected chi connectivity index (χ4v) is 2.91. The van der Waals surface area contributed by atoms with E-state index in [9.17, 15) is 0 Å². The van der Waals surface area contributed by atoms with Gasteiger partial charge in [0.1, 0.15) is 5.82 Å². The second-order valence-corrected chi connectivity index (χ2v) is 5.73. The average Bonchev–Trinajstić information content (AvgIpc) is 2.95. The molecule has 4 nitrogen and oxygen atoms in total. The van der Waals surface area contributed by atoms with Crippen LogP contribution in [0.1, 0.15) is 0 Å². The van der Waals surface area contributed by atoms with Crippen molar-refractivity contribution in [2.24, 2.45) is 0 Å². The summed E-state index contributed by atoms with van der Waals surface area (Å²) in [5.74, 6) is 1.02. The van der Waals surface area contributed by atoms with E-state index in [4.69, 9.17) is 4.74 Å². The van der Waals surface area contributed by atoms with Gasteiger partial charge in [0.2, 0.25) is 0 Å². The molecule has 2 aromatic rings. The predicted molar refractivity (Wildman–Crippen MR) is 82.6 cm³/mol. The van der Waals surface area contributed by atoms with Crippen LogP contribution in [-0.4, -0.2) is 47.3 Å². The molecule has 3 rings (SSSR count). The molecule has 20 heavy (non-hydrogen) atoms. The van der Waals surface area contributed by atoms with Crippen LogP contribution in [0.3, 0.4) is 0 Å². The number of aromatic nitrogens is 2. The van der Waals surface area contributed by atoms with E-state index in [-0.39, 0.29) is 0 Å².